The van der Waals surface area contributed by atoms with E-state index < -0.39 is 22.2 Å². The van der Waals surface area contributed by atoms with Gasteiger partial charge in [-0.25, -0.2) is 0 Å². The summed E-state index contributed by atoms with van der Waals surface area (Å²) in [5.41, 5.74) is 0.00841. The van der Waals surface area contributed by atoms with Crippen LogP contribution in [-0.4, -0.2) is 38.2 Å². The predicted molar refractivity (Wildman–Crippen MR) is 89.0 cm³/mol. The normalized spacial score (nSPS) is 11.2. The molecule has 1 amide bonds. The van der Waals surface area contributed by atoms with Crippen molar-refractivity contribution in [1.82, 2.24) is 15.1 Å². The van der Waals surface area contributed by atoms with Crippen LogP contribution in [0.2, 0.25) is 0 Å². The second-order valence-corrected chi connectivity index (χ2v) is 6.24. The van der Waals surface area contributed by atoms with E-state index in [1.807, 2.05) is 0 Å². The molecule has 25 heavy (non-hydrogen) atoms. The molecule has 0 bridgehead atoms. The van der Waals surface area contributed by atoms with E-state index in [2.05, 4.69) is 10.4 Å². The molecular formula is C16H18N4O5. The zero-order chi connectivity index (χ0) is 18.8. The Bertz CT molecular complexity index is 824. The highest BCUT2D eigenvalue weighted by Gasteiger charge is 2.28. The third-order valence-electron chi connectivity index (χ3n) is 3.69. The van der Waals surface area contributed by atoms with E-state index in [1.165, 1.54) is 49.0 Å². The number of carboxylic acids is 1. The van der Waals surface area contributed by atoms with E-state index >= 15 is 0 Å². The fourth-order valence-electron chi connectivity index (χ4n) is 2.08. The zero-order valence-electron chi connectivity index (χ0n) is 14.0. The molecule has 9 nitrogen and oxygen atoms in total. The van der Waals surface area contributed by atoms with Crippen LogP contribution in [-0.2, 0) is 11.8 Å². The maximum absolute atomic E-state index is 12.4. The first-order valence-corrected chi connectivity index (χ1v) is 7.42. The third-order valence-corrected chi connectivity index (χ3v) is 3.69. The Balaban J connectivity index is 2.27. The van der Waals surface area contributed by atoms with Gasteiger partial charge in [0.15, 0.2) is 0 Å². The molecule has 132 valence electrons. The Kier molecular flexibility index (Phi) is 4.87. The average Bonchev–Trinajstić information content (AvgIpc) is 2.94. The van der Waals surface area contributed by atoms with Gasteiger partial charge in [0.05, 0.1) is 15.9 Å². The first-order valence-electron chi connectivity index (χ1n) is 7.42. The number of carbonyl (C=O) groups is 2. The topological polar surface area (TPSA) is 127 Å². The fraction of sp³-hybridized carbons (Fsp3) is 0.312. The molecular weight excluding hydrogens is 328 g/mol. The Morgan fingerprint density at radius 2 is 1.92 bits per heavy atom. The third kappa shape index (κ3) is 4.00. The molecule has 0 spiro atoms. The maximum Gasteiger partial charge on any atom is 0.310 e. The summed E-state index contributed by atoms with van der Waals surface area (Å²) in [5, 5.41) is 26.7. The number of rotatable bonds is 6. The van der Waals surface area contributed by atoms with Crippen LogP contribution >= 0.6 is 0 Å². The molecule has 1 aromatic carbocycles. The van der Waals surface area contributed by atoms with Crippen molar-refractivity contribution in [2.75, 3.05) is 6.54 Å². The van der Waals surface area contributed by atoms with Crippen molar-refractivity contribution in [2.45, 2.75) is 13.8 Å². The van der Waals surface area contributed by atoms with E-state index in [1.54, 1.807) is 7.05 Å². The molecule has 1 heterocycles. The van der Waals surface area contributed by atoms with E-state index in [4.69, 9.17) is 5.11 Å². The standard InChI is InChI=1S/C16H18N4O5/c1-16(2,15(22)23)9-17-14(21)12-8-19(3)18-13(12)10-4-6-11(7-5-10)20(24)25/h4-8H,9H2,1-3H3,(H,17,21)(H,22,23). The lowest BCUT2D eigenvalue weighted by molar-refractivity contribution is -0.384. The first kappa shape index (κ1) is 18.1. The Labute approximate surface area is 143 Å². The van der Waals surface area contributed by atoms with Gasteiger partial charge in [0.1, 0.15) is 5.69 Å². The number of aliphatic carboxylic acids is 1. The summed E-state index contributed by atoms with van der Waals surface area (Å²) in [6.07, 6.45) is 1.51. The molecule has 2 aromatic rings. The molecule has 9 heteroatoms. The van der Waals surface area contributed by atoms with Gasteiger partial charge in [0.2, 0.25) is 0 Å². The van der Waals surface area contributed by atoms with Crippen LogP contribution in [0.25, 0.3) is 11.3 Å². The van der Waals surface area contributed by atoms with Gasteiger partial charge in [-0.05, 0) is 26.0 Å². The Morgan fingerprint density at radius 1 is 1.32 bits per heavy atom. The van der Waals surface area contributed by atoms with Gasteiger partial charge in [-0.2, -0.15) is 5.10 Å². The number of carbonyl (C=O) groups excluding carboxylic acids is 1. The molecule has 0 atom stereocenters. The Hall–Kier alpha value is -3.23. The minimum Gasteiger partial charge on any atom is -0.481 e. The number of hydrogen-bond donors (Lipinski definition) is 2. The van der Waals surface area contributed by atoms with E-state index in [-0.39, 0.29) is 17.8 Å². The number of carboxylic acid groups (broad SMARTS) is 1. The monoisotopic (exact) mass is 346 g/mol. The number of nitro benzene ring substituents is 1. The smallest absolute Gasteiger partial charge is 0.310 e. The van der Waals surface area contributed by atoms with Crippen LogP contribution < -0.4 is 5.32 Å². The minimum absolute atomic E-state index is 0.0459. The lowest BCUT2D eigenvalue weighted by Gasteiger charge is -2.19. The molecule has 2 N–H and O–H groups in total. The van der Waals surface area contributed by atoms with Crippen LogP contribution in [0.3, 0.4) is 0 Å². The van der Waals surface area contributed by atoms with Crippen LogP contribution in [0, 0.1) is 15.5 Å². The van der Waals surface area contributed by atoms with Crippen molar-refractivity contribution in [3.05, 3.63) is 46.1 Å². The number of nitrogens with zero attached hydrogens (tertiary/aromatic N) is 3. The van der Waals surface area contributed by atoms with Gasteiger partial charge in [-0.3, -0.25) is 24.4 Å². The lowest BCUT2D eigenvalue weighted by Crippen LogP contribution is -2.38. The number of non-ortho nitro benzene ring substituents is 1. The van der Waals surface area contributed by atoms with Crippen molar-refractivity contribution in [3.8, 4) is 11.3 Å². The van der Waals surface area contributed by atoms with Crippen molar-refractivity contribution in [2.24, 2.45) is 12.5 Å². The van der Waals surface area contributed by atoms with Crippen LogP contribution in [0.15, 0.2) is 30.5 Å². The summed E-state index contributed by atoms with van der Waals surface area (Å²) >= 11 is 0. The summed E-state index contributed by atoms with van der Waals surface area (Å²) < 4.78 is 1.45. The van der Waals surface area contributed by atoms with Gasteiger partial charge >= 0.3 is 5.97 Å². The van der Waals surface area contributed by atoms with Gasteiger partial charge in [-0.1, -0.05) is 0 Å². The summed E-state index contributed by atoms with van der Waals surface area (Å²) in [7, 11) is 1.65. The fourth-order valence-corrected chi connectivity index (χ4v) is 2.08. The maximum atomic E-state index is 12.4. The van der Waals surface area contributed by atoms with Crippen molar-refractivity contribution >= 4 is 17.6 Å². The van der Waals surface area contributed by atoms with Gasteiger partial charge in [0, 0.05) is 37.5 Å². The Morgan fingerprint density at radius 3 is 2.44 bits per heavy atom. The highest BCUT2D eigenvalue weighted by Crippen LogP contribution is 2.24. The molecule has 0 aliphatic rings. The quantitative estimate of drug-likeness (QED) is 0.607. The number of benzene rings is 1. The summed E-state index contributed by atoms with van der Waals surface area (Å²) in [6.45, 7) is 2.97. The number of hydrogen-bond acceptors (Lipinski definition) is 5. The number of nitrogens with one attached hydrogen (secondary N) is 1. The molecule has 0 saturated heterocycles. The van der Waals surface area contributed by atoms with Gasteiger partial charge in [-0.15, -0.1) is 0 Å². The number of aryl methyl sites for hydroxylation is 1. The molecule has 0 unspecified atom stereocenters. The number of amides is 1. The molecule has 0 aliphatic carbocycles. The van der Waals surface area contributed by atoms with Crippen molar-refractivity contribution < 1.29 is 19.6 Å². The molecule has 1 aromatic heterocycles. The predicted octanol–water partition coefficient (Wildman–Crippen LogP) is 1.84. The van der Waals surface area contributed by atoms with E-state index in [0.717, 1.165) is 0 Å². The van der Waals surface area contributed by atoms with Crippen LogP contribution in [0.4, 0.5) is 5.69 Å². The second kappa shape index (κ2) is 6.71. The lowest BCUT2D eigenvalue weighted by atomic mass is 9.94. The molecule has 0 radical (unpaired) electrons. The summed E-state index contributed by atoms with van der Waals surface area (Å²) in [5.74, 6) is -1.48. The SMILES string of the molecule is Cn1cc(C(=O)NCC(C)(C)C(=O)O)c(-c2ccc([N+](=O)[O-])cc2)n1. The summed E-state index contributed by atoms with van der Waals surface area (Å²) in [6, 6.07) is 5.69. The van der Waals surface area contributed by atoms with Gasteiger partial charge < -0.3 is 10.4 Å². The zero-order valence-corrected chi connectivity index (χ0v) is 14.0. The minimum atomic E-state index is -1.11. The average molecular weight is 346 g/mol. The molecule has 0 aliphatic heterocycles. The van der Waals surface area contributed by atoms with Crippen molar-refractivity contribution in [3.63, 3.8) is 0 Å². The van der Waals surface area contributed by atoms with Crippen LogP contribution in [0.5, 0.6) is 0 Å². The number of aromatic nitrogens is 2. The van der Waals surface area contributed by atoms with Gasteiger partial charge in [0.25, 0.3) is 11.6 Å². The second-order valence-electron chi connectivity index (χ2n) is 6.24. The van der Waals surface area contributed by atoms with Crippen LogP contribution in [0.1, 0.15) is 24.2 Å². The highest BCUT2D eigenvalue weighted by atomic mass is 16.6. The first-order chi connectivity index (χ1) is 11.6. The van der Waals surface area contributed by atoms with E-state index in [9.17, 15) is 19.7 Å². The molecule has 2 rings (SSSR count). The highest BCUT2D eigenvalue weighted by molar-refractivity contribution is 6.00. The number of nitro groups is 1. The molecule has 0 saturated carbocycles. The molecule has 0 fully saturated rings. The summed E-state index contributed by atoms with van der Waals surface area (Å²) in [4.78, 5) is 33.8. The van der Waals surface area contributed by atoms with E-state index in [0.29, 0.717) is 11.3 Å². The van der Waals surface area contributed by atoms with Crippen molar-refractivity contribution in [1.29, 1.82) is 0 Å². The largest absolute Gasteiger partial charge is 0.481 e.